The van der Waals surface area contributed by atoms with Crippen LogP contribution in [0.25, 0.3) is 0 Å². The Morgan fingerprint density at radius 1 is 0.919 bits per heavy atom. The minimum atomic E-state index is -1.38. The van der Waals surface area contributed by atoms with Crippen LogP contribution in [0.2, 0.25) is 0 Å². The lowest BCUT2D eigenvalue weighted by Crippen LogP contribution is -2.56. The van der Waals surface area contributed by atoms with Gasteiger partial charge in [0.25, 0.3) is 0 Å². The predicted octanol–water partition coefficient (Wildman–Crippen LogP) is 2.52. The van der Waals surface area contributed by atoms with E-state index in [0.29, 0.717) is 11.1 Å². The van der Waals surface area contributed by atoms with Gasteiger partial charge in [-0.25, -0.2) is 14.4 Å². The van der Waals surface area contributed by atoms with Crippen LogP contribution in [0.3, 0.4) is 0 Å². The van der Waals surface area contributed by atoms with Crippen LogP contribution < -0.4 is 10.6 Å². The van der Waals surface area contributed by atoms with Gasteiger partial charge in [-0.1, -0.05) is 42.5 Å². The van der Waals surface area contributed by atoms with E-state index in [4.69, 9.17) is 14.2 Å². The highest BCUT2D eigenvalue weighted by Gasteiger charge is 2.31. The van der Waals surface area contributed by atoms with E-state index in [1.165, 1.54) is 14.0 Å². The fourth-order valence-electron chi connectivity index (χ4n) is 3.24. The van der Waals surface area contributed by atoms with E-state index in [0.717, 1.165) is 5.56 Å². The Balaban J connectivity index is 2.04. The Morgan fingerprint density at radius 3 is 2.08 bits per heavy atom. The van der Waals surface area contributed by atoms with Gasteiger partial charge in [-0.3, -0.25) is 4.79 Å². The third-order valence-corrected chi connectivity index (χ3v) is 5.08. The SMILES string of the molecule is COC(=O)[C@H](Cc1ccc(C(=O)OC(C)(C)C)cc1)NC(=O)[C@@H](NC(=O)OCc1ccccc1)[C@@H](C)O. The first-order chi connectivity index (χ1) is 17.4. The number of benzene rings is 2. The summed E-state index contributed by atoms with van der Waals surface area (Å²) in [5.41, 5.74) is 1.08. The Bertz CT molecular complexity index is 1060. The van der Waals surface area contributed by atoms with Gasteiger partial charge in [0.05, 0.1) is 18.8 Å². The zero-order valence-corrected chi connectivity index (χ0v) is 21.6. The van der Waals surface area contributed by atoms with E-state index >= 15 is 0 Å². The Kier molecular flexibility index (Phi) is 10.6. The van der Waals surface area contributed by atoms with Crippen LogP contribution in [0.1, 0.15) is 49.2 Å². The molecule has 0 fully saturated rings. The largest absolute Gasteiger partial charge is 0.467 e. The van der Waals surface area contributed by atoms with E-state index < -0.39 is 47.7 Å². The third kappa shape index (κ3) is 9.92. The van der Waals surface area contributed by atoms with Crippen molar-refractivity contribution in [3.05, 3.63) is 71.3 Å². The molecule has 2 aromatic rings. The highest BCUT2D eigenvalue weighted by molar-refractivity contribution is 5.91. The number of methoxy groups -OCH3 is 1. The molecule has 0 spiro atoms. The fourth-order valence-corrected chi connectivity index (χ4v) is 3.24. The van der Waals surface area contributed by atoms with E-state index in [1.54, 1.807) is 69.3 Å². The van der Waals surface area contributed by atoms with Crippen molar-refractivity contribution in [3.8, 4) is 0 Å². The molecule has 0 bridgehead atoms. The molecular weight excluding hydrogens is 480 g/mol. The standard InChI is InChI=1S/C27H34N2O8/c1-17(30)22(29-26(34)36-16-19-9-7-6-8-10-19)23(31)28-21(25(33)35-5)15-18-11-13-20(14-12-18)24(32)37-27(2,3)4/h6-14,17,21-22,30H,15-16H2,1-5H3,(H,28,31)(H,29,34)/t17-,21+,22+/m1/s1. The summed E-state index contributed by atoms with van der Waals surface area (Å²) in [6, 6.07) is 12.8. The van der Waals surface area contributed by atoms with Gasteiger partial charge in [0.2, 0.25) is 5.91 Å². The van der Waals surface area contributed by atoms with Crippen LogP contribution in [0.5, 0.6) is 0 Å². The number of rotatable bonds is 10. The molecule has 3 N–H and O–H groups in total. The minimum absolute atomic E-state index is 0.0229. The van der Waals surface area contributed by atoms with Crippen molar-refractivity contribution in [1.29, 1.82) is 0 Å². The molecule has 3 atom stereocenters. The maximum Gasteiger partial charge on any atom is 0.408 e. The topological polar surface area (TPSA) is 140 Å². The summed E-state index contributed by atoms with van der Waals surface area (Å²) in [7, 11) is 1.18. The number of amides is 2. The van der Waals surface area contributed by atoms with Crippen molar-refractivity contribution in [2.45, 2.75) is 64.5 Å². The molecule has 10 heteroatoms. The number of aliphatic hydroxyl groups is 1. The molecule has 0 aliphatic rings. The Hall–Kier alpha value is -3.92. The Labute approximate surface area is 216 Å². The molecule has 37 heavy (non-hydrogen) atoms. The molecule has 0 aliphatic heterocycles. The molecule has 0 heterocycles. The second kappa shape index (κ2) is 13.4. The Morgan fingerprint density at radius 2 is 1.54 bits per heavy atom. The van der Waals surface area contributed by atoms with Crippen molar-refractivity contribution in [1.82, 2.24) is 10.6 Å². The highest BCUT2D eigenvalue weighted by atomic mass is 16.6. The quantitative estimate of drug-likeness (QED) is 0.325. The molecule has 2 aromatic carbocycles. The number of aliphatic hydroxyl groups excluding tert-OH is 1. The van der Waals surface area contributed by atoms with Crippen LogP contribution >= 0.6 is 0 Å². The molecule has 0 saturated carbocycles. The summed E-state index contributed by atoms with van der Waals surface area (Å²) < 4.78 is 15.3. The summed E-state index contributed by atoms with van der Waals surface area (Å²) in [6.45, 7) is 6.60. The maximum atomic E-state index is 12.9. The fraction of sp³-hybridized carbons (Fsp3) is 0.407. The highest BCUT2D eigenvalue weighted by Crippen LogP contribution is 2.14. The van der Waals surface area contributed by atoms with Gasteiger partial charge in [-0.05, 0) is 51.0 Å². The number of carbonyl (C=O) groups is 4. The lowest BCUT2D eigenvalue weighted by Gasteiger charge is -2.24. The number of nitrogens with one attached hydrogen (secondary N) is 2. The number of esters is 2. The van der Waals surface area contributed by atoms with Gasteiger partial charge in [0.1, 0.15) is 24.3 Å². The summed E-state index contributed by atoms with van der Waals surface area (Å²) in [5.74, 6) is -2.00. The average Bonchev–Trinajstić information content (AvgIpc) is 2.84. The lowest BCUT2D eigenvalue weighted by molar-refractivity contribution is -0.145. The van der Waals surface area contributed by atoms with Crippen LogP contribution in [0, 0.1) is 0 Å². The van der Waals surface area contributed by atoms with Gasteiger partial charge < -0.3 is 30.0 Å². The number of carbonyl (C=O) groups excluding carboxylic acids is 4. The summed E-state index contributed by atoms with van der Waals surface area (Å²) in [4.78, 5) is 49.7. The first-order valence-corrected chi connectivity index (χ1v) is 11.8. The molecule has 10 nitrogen and oxygen atoms in total. The van der Waals surface area contributed by atoms with Gasteiger partial charge in [-0.2, -0.15) is 0 Å². The lowest BCUT2D eigenvalue weighted by atomic mass is 10.0. The van der Waals surface area contributed by atoms with E-state index in [1.807, 2.05) is 6.07 Å². The van der Waals surface area contributed by atoms with Crippen LogP contribution in [0.4, 0.5) is 4.79 Å². The average molecular weight is 515 g/mol. The molecular formula is C27H34N2O8. The molecule has 2 rings (SSSR count). The monoisotopic (exact) mass is 514 g/mol. The number of alkyl carbamates (subject to hydrolysis) is 1. The molecule has 200 valence electrons. The van der Waals surface area contributed by atoms with E-state index in [-0.39, 0.29) is 13.0 Å². The van der Waals surface area contributed by atoms with Gasteiger partial charge >= 0.3 is 18.0 Å². The summed E-state index contributed by atoms with van der Waals surface area (Å²) in [5, 5.41) is 14.9. The zero-order chi connectivity index (χ0) is 27.6. The number of hydrogen-bond donors (Lipinski definition) is 3. The molecule has 2 amide bonds. The van der Waals surface area contributed by atoms with Crippen molar-refractivity contribution < 1.29 is 38.5 Å². The van der Waals surface area contributed by atoms with Gasteiger partial charge in [0.15, 0.2) is 0 Å². The molecule has 0 saturated heterocycles. The van der Waals surface area contributed by atoms with Crippen molar-refractivity contribution in [3.63, 3.8) is 0 Å². The van der Waals surface area contributed by atoms with Gasteiger partial charge in [0, 0.05) is 6.42 Å². The predicted molar refractivity (Wildman–Crippen MR) is 134 cm³/mol. The summed E-state index contributed by atoms with van der Waals surface area (Å²) >= 11 is 0. The maximum absolute atomic E-state index is 12.9. The van der Waals surface area contributed by atoms with E-state index in [9.17, 15) is 24.3 Å². The first-order valence-electron chi connectivity index (χ1n) is 11.8. The van der Waals surface area contributed by atoms with Crippen LogP contribution in [-0.2, 0) is 36.8 Å². The van der Waals surface area contributed by atoms with Crippen molar-refractivity contribution >= 4 is 23.9 Å². The van der Waals surface area contributed by atoms with Crippen molar-refractivity contribution in [2.24, 2.45) is 0 Å². The smallest absolute Gasteiger partial charge is 0.408 e. The minimum Gasteiger partial charge on any atom is -0.467 e. The van der Waals surface area contributed by atoms with E-state index in [2.05, 4.69) is 10.6 Å². The normalized spacial score (nSPS) is 13.5. The van der Waals surface area contributed by atoms with Crippen LogP contribution in [0.15, 0.2) is 54.6 Å². The van der Waals surface area contributed by atoms with Gasteiger partial charge in [-0.15, -0.1) is 0 Å². The molecule has 0 unspecified atom stereocenters. The van der Waals surface area contributed by atoms with Crippen LogP contribution in [-0.4, -0.2) is 59.9 Å². The molecule has 0 radical (unpaired) electrons. The number of hydrogen-bond acceptors (Lipinski definition) is 8. The molecule has 0 aliphatic carbocycles. The summed E-state index contributed by atoms with van der Waals surface area (Å²) in [6.07, 6.45) is -2.15. The zero-order valence-electron chi connectivity index (χ0n) is 21.6. The first kappa shape index (κ1) is 29.3. The molecule has 0 aromatic heterocycles. The third-order valence-electron chi connectivity index (χ3n) is 5.08. The number of ether oxygens (including phenoxy) is 3. The second-order valence-electron chi connectivity index (χ2n) is 9.41. The van der Waals surface area contributed by atoms with Crippen molar-refractivity contribution in [2.75, 3.05) is 7.11 Å². The second-order valence-corrected chi connectivity index (χ2v) is 9.41.